The van der Waals surface area contributed by atoms with E-state index in [2.05, 4.69) is 31.9 Å². The zero-order chi connectivity index (χ0) is 8.97. The van der Waals surface area contributed by atoms with Gasteiger partial charge in [0.2, 0.25) is 0 Å². The first kappa shape index (κ1) is 9.93. The maximum Gasteiger partial charge on any atom is 0.135 e. The zero-order valence-electron chi connectivity index (χ0n) is 6.28. The predicted molar refractivity (Wildman–Crippen MR) is 56.9 cm³/mol. The molecule has 0 saturated carbocycles. The molecule has 0 aromatic heterocycles. The Morgan fingerprint density at radius 3 is 2.25 bits per heavy atom. The lowest BCUT2D eigenvalue weighted by atomic mass is 10.1. The lowest BCUT2D eigenvalue weighted by Crippen LogP contribution is -2.06. The van der Waals surface area contributed by atoms with Crippen molar-refractivity contribution in [3.05, 3.63) is 35.9 Å². The first-order valence-electron chi connectivity index (χ1n) is 3.54. The number of rotatable bonds is 3. The van der Waals surface area contributed by atoms with Gasteiger partial charge >= 0.3 is 0 Å². The Bertz CT molecular complexity index is 248. The van der Waals surface area contributed by atoms with E-state index in [1.54, 1.807) is 0 Å². The monoisotopic (exact) mass is 290 g/mol. The largest absolute Gasteiger partial charge is 0.302 e. The van der Waals surface area contributed by atoms with Gasteiger partial charge in [-0.25, -0.2) is 0 Å². The number of hydrogen-bond donors (Lipinski definition) is 0. The van der Waals surface area contributed by atoms with Gasteiger partial charge in [-0.15, -0.1) is 0 Å². The van der Waals surface area contributed by atoms with Crippen LogP contribution in [0.4, 0.5) is 0 Å². The molecule has 0 saturated heterocycles. The Hall–Kier alpha value is -0.150. The average molecular weight is 292 g/mol. The van der Waals surface area contributed by atoms with E-state index in [-0.39, 0.29) is 9.65 Å². The van der Waals surface area contributed by atoms with Crippen LogP contribution < -0.4 is 0 Å². The molecule has 1 rings (SSSR count). The molecule has 0 heterocycles. The minimum atomic E-state index is -0.167. The Kier molecular flexibility index (Phi) is 3.95. The van der Waals surface area contributed by atoms with Crippen molar-refractivity contribution in [2.75, 3.05) is 0 Å². The summed E-state index contributed by atoms with van der Waals surface area (Å²) in [6.45, 7) is 0. The highest BCUT2D eigenvalue weighted by atomic mass is 79.9. The van der Waals surface area contributed by atoms with Crippen molar-refractivity contribution in [2.45, 2.75) is 9.65 Å². The van der Waals surface area contributed by atoms with Gasteiger partial charge in [-0.05, 0) is 5.56 Å². The van der Waals surface area contributed by atoms with Crippen molar-refractivity contribution in [3.63, 3.8) is 0 Å². The third kappa shape index (κ3) is 2.42. The minimum absolute atomic E-state index is 0.0520. The molecule has 0 radical (unpaired) electrons. The Morgan fingerprint density at radius 2 is 1.75 bits per heavy atom. The number of benzene rings is 1. The SMILES string of the molecule is O=C[C@@H](Br)[C@@H](Br)c1ccccc1. The van der Waals surface area contributed by atoms with Crippen molar-refractivity contribution >= 4 is 38.1 Å². The topological polar surface area (TPSA) is 17.1 Å². The molecule has 0 aliphatic heterocycles. The van der Waals surface area contributed by atoms with Crippen LogP contribution in [-0.4, -0.2) is 11.1 Å². The van der Waals surface area contributed by atoms with Crippen LogP contribution in [0.2, 0.25) is 0 Å². The summed E-state index contributed by atoms with van der Waals surface area (Å²) in [5.74, 6) is 0. The molecule has 1 aromatic carbocycles. The fourth-order valence-electron chi connectivity index (χ4n) is 0.890. The summed E-state index contributed by atoms with van der Waals surface area (Å²) in [6, 6.07) is 9.82. The number of aldehydes is 1. The highest BCUT2D eigenvalue weighted by Gasteiger charge is 2.15. The second-order valence-electron chi connectivity index (χ2n) is 2.39. The molecule has 2 atom stereocenters. The van der Waals surface area contributed by atoms with E-state index < -0.39 is 0 Å². The molecule has 0 amide bonds. The van der Waals surface area contributed by atoms with Gasteiger partial charge in [0.25, 0.3) is 0 Å². The molecule has 1 nitrogen and oxygen atoms in total. The van der Waals surface area contributed by atoms with Crippen molar-refractivity contribution in [1.82, 2.24) is 0 Å². The Morgan fingerprint density at radius 1 is 1.17 bits per heavy atom. The van der Waals surface area contributed by atoms with Crippen LogP contribution in [0.25, 0.3) is 0 Å². The standard InChI is InChI=1S/C9H8Br2O/c10-8(6-12)9(11)7-4-2-1-3-5-7/h1-6,8-9H/t8-,9+/m1/s1. The summed E-state index contributed by atoms with van der Waals surface area (Å²) in [7, 11) is 0. The van der Waals surface area contributed by atoms with E-state index >= 15 is 0 Å². The molecule has 0 unspecified atom stereocenters. The smallest absolute Gasteiger partial charge is 0.135 e. The quantitative estimate of drug-likeness (QED) is 0.618. The van der Waals surface area contributed by atoms with Gasteiger partial charge in [-0.1, -0.05) is 62.2 Å². The molecule has 0 bridgehead atoms. The summed E-state index contributed by atoms with van der Waals surface area (Å²) in [6.07, 6.45) is 0.881. The van der Waals surface area contributed by atoms with Crippen molar-refractivity contribution in [2.24, 2.45) is 0 Å². The number of alkyl halides is 2. The van der Waals surface area contributed by atoms with Gasteiger partial charge in [0.1, 0.15) is 6.29 Å². The molecule has 0 N–H and O–H groups in total. The van der Waals surface area contributed by atoms with E-state index in [0.717, 1.165) is 11.8 Å². The molecule has 1 aromatic rings. The fourth-order valence-corrected chi connectivity index (χ4v) is 1.62. The first-order chi connectivity index (χ1) is 5.75. The first-order valence-corrected chi connectivity index (χ1v) is 5.37. The van der Waals surface area contributed by atoms with Crippen LogP contribution in [-0.2, 0) is 4.79 Å². The van der Waals surface area contributed by atoms with E-state index in [0.29, 0.717) is 0 Å². The maximum atomic E-state index is 10.4. The summed E-state index contributed by atoms with van der Waals surface area (Å²) < 4.78 is 0. The molecular weight excluding hydrogens is 284 g/mol. The molecule has 0 spiro atoms. The van der Waals surface area contributed by atoms with Crippen LogP contribution in [0.15, 0.2) is 30.3 Å². The highest BCUT2D eigenvalue weighted by Crippen LogP contribution is 2.29. The lowest BCUT2D eigenvalue weighted by Gasteiger charge is -2.10. The predicted octanol–water partition coefficient (Wildman–Crippen LogP) is 3.09. The van der Waals surface area contributed by atoms with Gasteiger partial charge in [0, 0.05) is 0 Å². The third-order valence-corrected chi connectivity index (χ3v) is 4.08. The molecule has 0 aliphatic carbocycles. The van der Waals surface area contributed by atoms with E-state index in [1.165, 1.54) is 0 Å². The van der Waals surface area contributed by atoms with Crippen LogP contribution in [0.1, 0.15) is 10.4 Å². The summed E-state index contributed by atoms with van der Waals surface area (Å²) in [5.41, 5.74) is 1.10. The molecule has 12 heavy (non-hydrogen) atoms. The highest BCUT2D eigenvalue weighted by molar-refractivity contribution is 9.12. The van der Waals surface area contributed by atoms with Gasteiger partial charge < -0.3 is 4.79 Å². The van der Waals surface area contributed by atoms with Gasteiger partial charge in [-0.2, -0.15) is 0 Å². The molecule has 0 aliphatic rings. The number of hydrogen-bond acceptors (Lipinski definition) is 1. The number of carbonyl (C=O) groups is 1. The van der Waals surface area contributed by atoms with Crippen molar-refractivity contribution in [1.29, 1.82) is 0 Å². The van der Waals surface area contributed by atoms with Gasteiger partial charge in [0.05, 0.1) is 9.65 Å². The Balaban J connectivity index is 2.78. The summed E-state index contributed by atoms with van der Waals surface area (Å²) >= 11 is 6.70. The van der Waals surface area contributed by atoms with Crippen molar-refractivity contribution < 1.29 is 4.79 Å². The fraction of sp³-hybridized carbons (Fsp3) is 0.222. The van der Waals surface area contributed by atoms with Crippen LogP contribution in [0.3, 0.4) is 0 Å². The maximum absolute atomic E-state index is 10.4. The van der Waals surface area contributed by atoms with Crippen molar-refractivity contribution in [3.8, 4) is 0 Å². The minimum Gasteiger partial charge on any atom is -0.302 e. The Labute approximate surface area is 88.4 Å². The van der Waals surface area contributed by atoms with E-state index in [9.17, 15) is 4.79 Å². The zero-order valence-corrected chi connectivity index (χ0v) is 9.45. The second-order valence-corrected chi connectivity index (χ2v) is 4.44. The lowest BCUT2D eigenvalue weighted by molar-refractivity contribution is -0.107. The number of carbonyl (C=O) groups excluding carboxylic acids is 1. The second kappa shape index (κ2) is 4.77. The normalized spacial score (nSPS) is 15.2. The van der Waals surface area contributed by atoms with Gasteiger partial charge in [-0.3, -0.25) is 0 Å². The molecule has 64 valence electrons. The summed E-state index contributed by atoms with van der Waals surface area (Å²) in [4.78, 5) is 10.3. The summed E-state index contributed by atoms with van der Waals surface area (Å²) in [5, 5.41) is 0. The van der Waals surface area contributed by atoms with Gasteiger partial charge in [0.15, 0.2) is 0 Å². The molecular formula is C9H8Br2O. The van der Waals surface area contributed by atoms with E-state index in [4.69, 9.17) is 0 Å². The average Bonchev–Trinajstić information content (AvgIpc) is 2.17. The van der Waals surface area contributed by atoms with E-state index in [1.807, 2.05) is 30.3 Å². The molecule has 0 fully saturated rings. The third-order valence-electron chi connectivity index (χ3n) is 1.53. The van der Waals surface area contributed by atoms with Crippen LogP contribution in [0.5, 0.6) is 0 Å². The van der Waals surface area contributed by atoms with Crippen LogP contribution >= 0.6 is 31.9 Å². The molecule has 3 heteroatoms. The van der Waals surface area contributed by atoms with Crippen LogP contribution in [0, 0.1) is 0 Å². The number of halogens is 2.